The second-order valence-corrected chi connectivity index (χ2v) is 4.86. The predicted octanol–water partition coefficient (Wildman–Crippen LogP) is 3.17. The van der Waals surface area contributed by atoms with Gasteiger partial charge < -0.3 is 11.1 Å². The van der Waals surface area contributed by atoms with E-state index in [4.69, 9.17) is 5.73 Å². The molecule has 0 saturated carbocycles. The average molecular weight is 250 g/mol. The van der Waals surface area contributed by atoms with Gasteiger partial charge in [0.2, 0.25) is 0 Å². The minimum atomic E-state index is 0.401. The first-order valence-electron chi connectivity index (χ1n) is 6.92. The van der Waals surface area contributed by atoms with Crippen LogP contribution in [0.15, 0.2) is 0 Å². The summed E-state index contributed by atoms with van der Waals surface area (Å²) in [4.78, 5) is 8.81. The third kappa shape index (κ3) is 3.34. The van der Waals surface area contributed by atoms with Gasteiger partial charge >= 0.3 is 0 Å². The van der Waals surface area contributed by atoms with Gasteiger partial charge in [0.25, 0.3) is 0 Å². The van der Waals surface area contributed by atoms with Gasteiger partial charge in [-0.1, -0.05) is 33.6 Å². The number of nitrogens with zero attached hydrogens (tertiary/aromatic N) is 2. The van der Waals surface area contributed by atoms with Gasteiger partial charge in [-0.25, -0.2) is 9.97 Å². The van der Waals surface area contributed by atoms with Gasteiger partial charge in [0.1, 0.15) is 17.5 Å². The van der Waals surface area contributed by atoms with E-state index in [0.29, 0.717) is 17.8 Å². The largest absolute Gasteiger partial charge is 0.383 e. The molecular weight excluding hydrogens is 224 g/mol. The molecule has 1 heterocycles. The highest BCUT2D eigenvalue weighted by molar-refractivity contribution is 5.55. The summed E-state index contributed by atoms with van der Waals surface area (Å²) in [6.45, 7) is 10.7. The topological polar surface area (TPSA) is 63.8 Å². The second-order valence-electron chi connectivity index (χ2n) is 4.86. The molecule has 0 radical (unpaired) electrons. The summed E-state index contributed by atoms with van der Waals surface area (Å²) in [6.07, 6.45) is 3.15. The summed E-state index contributed by atoms with van der Waals surface area (Å²) in [5.41, 5.74) is 6.87. The number of anilines is 2. The van der Waals surface area contributed by atoms with Crippen LogP contribution in [0.3, 0.4) is 0 Å². The van der Waals surface area contributed by atoms with Crippen molar-refractivity contribution in [2.75, 3.05) is 11.1 Å². The minimum Gasteiger partial charge on any atom is -0.383 e. The van der Waals surface area contributed by atoms with Crippen molar-refractivity contribution < 1.29 is 0 Å². The Labute approximate surface area is 110 Å². The molecule has 4 nitrogen and oxygen atoms in total. The Kier molecular flexibility index (Phi) is 5.38. The number of hydrogen-bond donors (Lipinski definition) is 2. The average Bonchev–Trinajstić information content (AvgIpc) is 2.36. The molecule has 0 aliphatic carbocycles. The molecule has 102 valence electrons. The van der Waals surface area contributed by atoms with Crippen LogP contribution in [0.2, 0.25) is 0 Å². The van der Waals surface area contributed by atoms with E-state index in [1.165, 1.54) is 12.8 Å². The van der Waals surface area contributed by atoms with E-state index in [-0.39, 0.29) is 0 Å². The molecule has 0 fully saturated rings. The maximum atomic E-state index is 5.92. The smallest absolute Gasteiger partial charge is 0.134 e. The lowest BCUT2D eigenvalue weighted by molar-refractivity contribution is 0.437. The molecule has 0 saturated heterocycles. The predicted molar refractivity (Wildman–Crippen MR) is 77.7 cm³/mol. The van der Waals surface area contributed by atoms with Crippen LogP contribution in [0.25, 0.3) is 0 Å². The first kappa shape index (κ1) is 14.7. The van der Waals surface area contributed by atoms with Crippen molar-refractivity contribution in [2.45, 2.75) is 59.9 Å². The standard InChI is InChI=1S/C14H26N4/c1-6-11(7-2)10(5)16-14-9(4)13(15)17-12(8-3)18-14/h10-11H,6-8H2,1-5H3,(H3,15,16,17,18). The molecule has 0 spiro atoms. The molecule has 0 aliphatic rings. The van der Waals surface area contributed by atoms with Gasteiger partial charge in [0.05, 0.1) is 0 Å². The van der Waals surface area contributed by atoms with Crippen LogP contribution in [0.4, 0.5) is 11.6 Å². The van der Waals surface area contributed by atoms with Crippen molar-refractivity contribution in [3.8, 4) is 0 Å². The van der Waals surface area contributed by atoms with Crippen molar-refractivity contribution in [3.63, 3.8) is 0 Å². The fourth-order valence-corrected chi connectivity index (χ4v) is 2.21. The molecular formula is C14H26N4. The molecule has 3 N–H and O–H groups in total. The monoisotopic (exact) mass is 250 g/mol. The Morgan fingerprint density at radius 2 is 1.78 bits per heavy atom. The van der Waals surface area contributed by atoms with Crippen molar-refractivity contribution in [2.24, 2.45) is 5.92 Å². The second kappa shape index (κ2) is 6.57. The number of aromatic nitrogens is 2. The zero-order chi connectivity index (χ0) is 13.7. The van der Waals surface area contributed by atoms with Crippen LogP contribution in [0.1, 0.15) is 51.9 Å². The SMILES string of the molecule is CCc1nc(N)c(C)c(NC(C)C(CC)CC)n1. The molecule has 1 rings (SSSR count). The van der Waals surface area contributed by atoms with Crippen LogP contribution in [0.5, 0.6) is 0 Å². The van der Waals surface area contributed by atoms with Crippen LogP contribution in [-0.2, 0) is 6.42 Å². The highest BCUT2D eigenvalue weighted by atomic mass is 15.1. The van der Waals surface area contributed by atoms with Gasteiger partial charge in [-0.15, -0.1) is 0 Å². The highest BCUT2D eigenvalue weighted by Crippen LogP contribution is 2.22. The Morgan fingerprint density at radius 1 is 1.17 bits per heavy atom. The molecule has 1 atom stereocenters. The molecule has 0 bridgehead atoms. The Hall–Kier alpha value is -1.32. The first-order valence-corrected chi connectivity index (χ1v) is 6.92. The summed E-state index contributed by atoms with van der Waals surface area (Å²) < 4.78 is 0. The molecule has 0 aromatic carbocycles. The van der Waals surface area contributed by atoms with Gasteiger partial charge in [-0.3, -0.25) is 0 Å². The van der Waals surface area contributed by atoms with Crippen molar-refractivity contribution in [1.82, 2.24) is 9.97 Å². The zero-order valence-electron chi connectivity index (χ0n) is 12.2. The highest BCUT2D eigenvalue weighted by Gasteiger charge is 2.16. The zero-order valence-corrected chi connectivity index (χ0v) is 12.2. The number of nitrogens with one attached hydrogen (secondary N) is 1. The molecule has 4 heteroatoms. The quantitative estimate of drug-likeness (QED) is 0.814. The number of nitrogens with two attached hydrogens (primary N) is 1. The van der Waals surface area contributed by atoms with E-state index in [0.717, 1.165) is 23.6 Å². The third-order valence-corrected chi connectivity index (χ3v) is 3.67. The van der Waals surface area contributed by atoms with E-state index >= 15 is 0 Å². The Morgan fingerprint density at radius 3 is 2.28 bits per heavy atom. The van der Waals surface area contributed by atoms with E-state index in [1.54, 1.807) is 0 Å². The summed E-state index contributed by atoms with van der Waals surface area (Å²) in [5.74, 6) is 2.93. The number of aryl methyl sites for hydroxylation is 1. The summed E-state index contributed by atoms with van der Waals surface area (Å²) in [6, 6.07) is 0.401. The number of nitrogen functional groups attached to an aromatic ring is 1. The molecule has 0 aliphatic heterocycles. The van der Waals surface area contributed by atoms with E-state index in [1.807, 2.05) is 13.8 Å². The normalized spacial score (nSPS) is 12.8. The molecule has 1 unspecified atom stereocenters. The Balaban J connectivity index is 2.92. The van der Waals surface area contributed by atoms with Gasteiger partial charge in [0, 0.05) is 18.0 Å². The van der Waals surface area contributed by atoms with E-state index in [9.17, 15) is 0 Å². The Bertz CT molecular complexity index is 386. The molecule has 0 amide bonds. The summed E-state index contributed by atoms with van der Waals surface area (Å²) >= 11 is 0. The van der Waals surface area contributed by atoms with Gasteiger partial charge in [0.15, 0.2) is 0 Å². The molecule has 1 aromatic heterocycles. The summed E-state index contributed by atoms with van der Waals surface area (Å²) in [7, 11) is 0. The van der Waals surface area contributed by atoms with Gasteiger partial charge in [-0.2, -0.15) is 0 Å². The number of rotatable bonds is 6. The first-order chi connectivity index (χ1) is 8.53. The third-order valence-electron chi connectivity index (χ3n) is 3.67. The molecule has 18 heavy (non-hydrogen) atoms. The lowest BCUT2D eigenvalue weighted by atomic mass is 9.95. The fourth-order valence-electron chi connectivity index (χ4n) is 2.21. The van der Waals surface area contributed by atoms with Crippen LogP contribution in [0, 0.1) is 12.8 Å². The van der Waals surface area contributed by atoms with Crippen LogP contribution < -0.4 is 11.1 Å². The fraction of sp³-hybridized carbons (Fsp3) is 0.714. The van der Waals surface area contributed by atoms with Crippen molar-refractivity contribution in [1.29, 1.82) is 0 Å². The lowest BCUT2D eigenvalue weighted by Crippen LogP contribution is -2.26. The minimum absolute atomic E-state index is 0.401. The lowest BCUT2D eigenvalue weighted by Gasteiger charge is -2.24. The maximum Gasteiger partial charge on any atom is 0.134 e. The van der Waals surface area contributed by atoms with Crippen molar-refractivity contribution in [3.05, 3.63) is 11.4 Å². The van der Waals surface area contributed by atoms with E-state index in [2.05, 4.69) is 36.1 Å². The maximum absolute atomic E-state index is 5.92. The number of hydrogen-bond acceptors (Lipinski definition) is 4. The van der Waals surface area contributed by atoms with E-state index < -0.39 is 0 Å². The van der Waals surface area contributed by atoms with Gasteiger partial charge in [-0.05, 0) is 19.8 Å². The van der Waals surface area contributed by atoms with Crippen LogP contribution in [-0.4, -0.2) is 16.0 Å². The van der Waals surface area contributed by atoms with Crippen LogP contribution >= 0.6 is 0 Å². The summed E-state index contributed by atoms with van der Waals surface area (Å²) in [5, 5.41) is 3.50. The molecule has 1 aromatic rings. The van der Waals surface area contributed by atoms with Crippen molar-refractivity contribution >= 4 is 11.6 Å².